The number of anilines is 1. The molecule has 2 rings (SSSR count). The first-order chi connectivity index (χ1) is 11.8. The molecule has 0 aliphatic heterocycles. The smallest absolute Gasteiger partial charge is 0.241 e. The van der Waals surface area contributed by atoms with Gasteiger partial charge in [0.15, 0.2) is 5.78 Å². The lowest BCUT2D eigenvalue weighted by molar-refractivity contribution is -0.117. The van der Waals surface area contributed by atoms with Crippen LogP contribution in [0.15, 0.2) is 42.5 Å². The summed E-state index contributed by atoms with van der Waals surface area (Å²) in [4.78, 5) is 23.7. The summed E-state index contributed by atoms with van der Waals surface area (Å²) in [6.07, 6.45) is 0. The molecule has 2 N–H and O–H groups in total. The van der Waals surface area contributed by atoms with E-state index in [1.165, 1.54) is 19.1 Å². The maximum atomic E-state index is 13.8. The van der Waals surface area contributed by atoms with Crippen molar-refractivity contribution in [3.05, 3.63) is 65.2 Å². The molecule has 0 saturated carbocycles. The Labute approximate surface area is 145 Å². The van der Waals surface area contributed by atoms with Gasteiger partial charge in [0.2, 0.25) is 5.91 Å². The number of Topliss-reactive ketones (excluding diaryl/α,β-unsaturated/α-hetero) is 1. The number of carbonyl (C=O) groups is 2. The van der Waals surface area contributed by atoms with Crippen LogP contribution >= 0.6 is 0 Å². The topological polar surface area (TPSA) is 58.2 Å². The summed E-state index contributed by atoms with van der Waals surface area (Å²) < 4.78 is 26.8. The second-order valence-electron chi connectivity index (χ2n) is 5.90. The third kappa shape index (κ3) is 4.93. The van der Waals surface area contributed by atoms with Crippen LogP contribution in [0.2, 0.25) is 0 Å². The third-order valence-corrected chi connectivity index (χ3v) is 3.86. The van der Waals surface area contributed by atoms with Crippen molar-refractivity contribution in [1.82, 2.24) is 5.32 Å². The zero-order chi connectivity index (χ0) is 18.6. The third-order valence-electron chi connectivity index (χ3n) is 3.86. The molecule has 0 bridgehead atoms. The standard InChI is InChI=1S/C19H20F2N2O2/c1-11(17-8-7-15(20)10-18(17)21)22-12(2)19(25)23-16-6-4-5-14(9-16)13(3)24/h4-12,22H,1-3H3,(H,23,25)/t11-,12+/m1/s1. The number of rotatable bonds is 6. The molecular weight excluding hydrogens is 326 g/mol. The minimum absolute atomic E-state index is 0.0947. The van der Waals surface area contributed by atoms with Gasteiger partial charge in [-0.3, -0.25) is 14.9 Å². The van der Waals surface area contributed by atoms with Crippen LogP contribution in [0, 0.1) is 11.6 Å². The zero-order valence-electron chi connectivity index (χ0n) is 14.3. The van der Waals surface area contributed by atoms with Gasteiger partial charge in [-0.1, -0.05) is 18.2 Å². The summed E-state index contributed by atoms with van der Waals surface area (Å²) in [6, 6.07) is 8.85. The van der Waals surface area contributed by atoms with Crippen LogP contribution in [0.3, 0.4) is 0 Å². The molecule has 0 spiro atoms. The molecule has 0 saturated heterocycles. The maximum Gasteiger partial charge on any atom is 0.241 e. The highest BCUT2D eigenvalue weighted by atomic mass is 19.1. The van der Waals surface area contributed by atoms with Crippen molar-refractivity contribution in [3.8, 4) is 0 Å². The number of carbonyl (C=O) groups excluding carboxylic acids is 2. The number of benzene rings is 2. The van der Waals surface area contributed by atoms with Crippen molar-refractivity contribution < 1.29 is 18.4 Å². The molecule has 0 radical (unpaired) electrons. The molecule has 0 fully saturated rings. The van der Waals surface area contributed by atoms with E-state index in [9.17, 15) is 18.4 Å². The van der Waals surface area contributed by atoms with E-state index in [0.717, 1.165) is 6.07 Å². The van der Waals surface area contributed by atoms with Gasteiger partial charge in [-0.15, -0.1) is 0 Å². The predicted octanol–water partition coefficient (Wildman–Crippen LogP) is 3.85. The van der Waals surface area contributed by atoms with Crippen LogP contribution in [-0.2, 0) is 4.79 Å². The van der Waals surface area contributed by atoms with Crippen LogP contribution in [0.1, 0.15) is 42.7 Å². The lowest BCUT2D eigenvalue weighted by Gasteiger charge is -2.20. The molecule has 0 heterocycles. The lowest BCUT2D eigenvalue weighted by Crippen LogP contribution is -2.39. The molecule has 2 aromatic carbocycles. The molecule has 6 heteroatoms. The fourth-order valence-electron chi connectivity index (χ4n) is 2.46. The van der Waals surface area contributed by atoms with Crippen molar-refractivity contribution >= 4 is 17.4 Å². The number of halogens is 2. The highest BCUT2D eigenvalue weighted by Crippen LogP contribution is 2.18. The first-order valence-corrected chi connectivity index (χ1v) is 7.91. The number of hydrogen-bond acceptors (Lipinski definition) is 3. The Bertz CT molecular complexity index is 793. The Morgan fingerprint density at radius 2 is 1.76 bits per heavy atom. The molecule has 2 aromatic rings. The minimum atomic E-state index is -0.665. The predicted molar refractivity (Wildman–Crippen MR) is 92.4 cm³/mol. The molecule has 25 heavy (non-hydrogen) atoms. The molecule has 0 aromatic heterocycles. The van der Waals surface area contributed by atoms with E-state index in [1.807, 2.05) is 0 Å². The number of hydrogen-bond donors (Lipinski definition) is 2. The van der Waals surface area contributed by atoms with Crippen LogP contribution in [0.4, 0.5) is 14.5 Å². The Kier molecular flexibility index (Phi) is 5.98. The summed E-state index contributed by atoms with van der Waals surface area (Å²) in [6.45, 7) is 4.78. The second kappa shape index (κ2) is 7.98. The molecule has 4 nitrogen and oxygen atoms in total. The average molecular weight is 346 g/mol. The van der Waals surface area contributed by atoms with Crippen molar-refractivity contribution in [2.24, 2.45) is 0 Å². The molecule has 0 unspecified atom stereocenters. The Balaban J connectivity index is 2.02. The highest BCUT2D eigenvalue weighted by molar-refractivity contribution is 5.98. The Morgan fingerprint density at radius 1 is 1.04 bits per heavy atom. The maximum absolute atomic E-state index is 13.8. The minimum Gasteiger partial charge on any atom is -0.325 e. The fraction of sp³-hybridized carbons (Fsp3) is 0.263. The summed E-state index contributed by atoms with van der Waals surface area (Å²) >= 11 is 0. The highest BCUT2D eigenvalue weighted by Gasteiger charge is 2.19. The van der Waals surface area contributed by atoms with Gasteiger partial charge >= 0.3 is 0 Å². The van der Waals surface area contributed by atoms with E-state index < -0.39 is 23.7 Å². The van der Waals surface area contributed by atoms with Gasteiger partial charge in [0.25, 0.3) is 0 Å². The number of amides is 1. The quantitative estimate of drug-likeness (QED) is 0.781. The summed E-state index contributed by atoms with van der Waals surface area (Å²) in [7, 11) is 0. The van der Waals surface area contributed by atoms with Crippen LogP contribution in [0.25, 0.3) is 0 Å². The summed E-state index contributed by atoms with van der Waals surface area (Å²) in [5.41, 5.74) is 1.28. The number of nitrogens with one attached hydrogen (secondary N) is 2. The van der Waals surface area contributed by atoms with Gasteiger partial charge in [-0.05, 0) is 39.0 Å². The van der Waals surface area contributed by atoms with E-state index in [0.29, 0.717) is 11.3 Å². The zero-order valence-corrected chi connectivity index (χ0v) is 14.3. The van der Waals surface area contributed by atoms with E-state index in [-0.39, 0.29) is 17.3 Å². The monoisotopic (exact) mass is 346 g/mol. The van der Waals surface area contributed by atoms with Crippen LogP contribution in [-0.4, -0.2) is 17.7 Å². The van der Waals surface area contributed by atoms with Crippen molar-refractivity contribution in [3.63, 3.8) is 0 Å². The fourth-order valence-corrected chi connectivity index (χ4v) is 2.46. The molecule has 1 amide bonds. The van der Waals surface area contributed by atoms with Crippen molar-refractivity contribution in [2.75, 3.05) is 5.32 Å². The summed E-state index contributed by atoms with van der Waals surface area (Å²) in [5.74, 6) is -1.73. The van der Waals surface area contributed by atoms with Gasteiger partial charge in [-0.25, -0.2) is 8.78 Å². The average Bonchev–Trinajstić information content (AvgIpc) is 2.54. The van der Waals surface area contributed by atoms with Gasteiger partial charge in [0.1, 0.15) is 11.6 Å². The van der Waals surface area contributed by atoms with Gasteiger partial charge in [0.05, 0.1) is 6.04 Å². The normalized spacial score (nSPS) is 13.2. The Hall–Kier alpha value is -2.60. The lowest BCUT2D eigenvalue weighted by atomic mass is 10.1. The molecular formula is C19H20F2N2O2. The van der Waals surface area contributed by atoms with E-state index in [2.05, 4.69) is 10.6 Å². The van der Waals surface area contributed by atoms with Gasteiger partial charge in [0, 0.05) is 28.9 Å². The van der Waals surface area contributed by atoms with Crippen LogP contribution in [0.5, 0.6) is 0 Å². The number of ketones is 1. The second-order valence-corrected chi connectivity index (χ2v) is 5.90. The van der Waals surface area contributed by atoms with Gasteiger partial charge in [-0.2, -0.15) is 0 Å². The van der Waals surface area contributed by atoms with E-state index in [1.54, 1.807) is 38.1 Å². The summed E-state index contributed by atoms with van der Waals surface area (Å²) in [5, 5.41) is 5.68. The van der Waals surface area contributed by atoms with Gasteiger partial charge < -0.3 is 5.32 Å². The molecule has 0 aliphatic rings. The first kappa shape index (κ1) is 18.7. The Morgan fingerprint density at radius 3 is 2.40 bits per heavy atom. The SMILES string of the molecule is CC(=O)c1cccc(NC(=O)[C@H](C)N[C@H](C)c2ccc(F)cc2F)c1. The van der Waals surface area contributed by atoms with E-state index in [4.69, 9.17) is 0 Å². The molecule has 0 aliphatic carbocycles. The molecule has 2 atom stereocenters. The van der Waals surface area contributed by atoms with E-state index >= 15 is 0 Å². The largest absolute Gasteiger partial charge is 0.325 e. The van der Waals surface area contributed by atoms with Crippen molar-refractivity contribution in [2.45, 2.75) is 32.9 Å². The molecule has 132 valence electrons. The van der Waals surface area contributed by atoms with Crippen LogP contribution < -0.4 is 10.6 Å². The first-order valence-electron chi connectivity index (χ1n) is 7.91. The van der Waals surface area contributed by atoms with Crippen molar-refractivity contribution in [1.29, 1.82) is 0 Å².